The van der Waals surface area contributed by atoms with Crippen molar-refractivity contribution < 1.29 is 0 Å². The van der Waals surface area contributed by atoms with E-state index >= 15 is 0 Å². The lowest BCUT2D eigenvalue weighted by molar-refractivity contribution is 0.362. The molecule has 0 amide bonds. The third-order valence-corrected chi connectivity index (χ3v) is 1.84. The molecule has 1 aliphatic rings. The van der Waals surface area contributed by atoms with Crippen LogP contribution in [0.25, 0.3) is 0 Å². The first-order valence-electron chi connectivity index (χ1n) is 3.95. The van der Waals surface area contributed by atoms with Gasteiger partial charge in [0, 0.05) is 6.04 Å². The molecule has 0 aliphatic carbocycles. The summed E-state index contributed by atoms with van der Waals surface area (Å²) in [7, 11) is 1.99. The Morgan fingerprint density at radius 2 is 2.60 bits per heavy atom. The van der Waals surface area contributed by atoms with Crippen LogP contribution in [-0.2, 0) is 0 Å². The molecule has 0 saturated carbocycles. The lowest BCUT2D eigenvalue weighted by Gasteiger charge is -2.22. The van der Waals surface area contributed by atoms with E-state index in [0.29, 0.717) is 6.04 Å². The molecule has 0 aromatic carbocycles. The van der Waals surface area contributed by atoms with E-state index in [2.05, 4.69) is 16.0 Å². The first-order valence-corrected chi connectivity index (χ1v) is 3.95. The average Bonchev–Trinajstić information content (AvgIpc) is 2.03. The second-order valence-corrected chi connectivity index (χ2v) is 2.68. The molecule has 1 rings (SSSR count). The summed E-state index contributed by atoms with van der Waals surface area (Å²) in [6, 6.07) is 0.605. The lowest BCUT2D eigenvalue weighted by atomic mass is 10.1. The molecule has 1 fully saturated rings. The van der Waals surface area contributed by atoms with Crippen molar-refractivity contribution in [2.75, 3.05) is 26.8 Å². The normalized spacial score (nSPS) is 26.7. The van der Waals surface area contributed by atoms with Crippen molar-refractivity contribution in [3.05, 3.63) is 0 Å². The molecule has 1 radical (unpaired) electrons. The molecule has 1 atom stereocenters. The number of rotatable bonds is 3. The summed E-state index contributed by atoms with van der Waals surface area (Å²) in [6.45, 7) is 3.08. The van der Waals surface area contributed by atoms with Gasteiger partial charge in [-0.25, -0.2) is 5.32 Å². The minimum Gasteiger partial charge on any atom is -0.320 e. The maximum atomic E-state index is 4.42. The highest BCUT2D eigenvalue weighted by Crippen LogP contribution is 2.00. The van der Waals surface area contributed by atoms with Crippen molar-refractivity contribution in [2.45, 2.75) is 18.9 Å². The summed E-state index contributed by atoms with van der Waals surface area (Å²) in [6.07, 6.45) is 2.40. The van der Waals surface area contributed by atoms with Crippen molar-refractivity contribution in [2.24, 2.45) is 0 Å². The monoisotopic (exact) mass is 142 g/mol. The molecule has 1 aliphatic heterocycles. The van der Waals surface area contributed by atoms with Crippen LogP contribution in [0.2, 0.25) is 0 Å². The quantitative estimate of drug-likeness (QED) is 0.558. The number of nitrogens with zero attached hydrogens (tertiary/aromatic N) is 1. The van der Waals surface area contributed by atoms with Crippen LogP contribution in [0, 0.1) is 0 Å². The van der Waals surface area contributed by atoms with Gasteiger partial charge in [-0.2, -0.15) is 0 Å². The number of hydrogen-bond acceptors (Lipinski definition) is 2. The van der Waals surface area contributed by atoms with Crippen molar-refractivity contribution in [3.63, 3.8) is 0 Å². The highest BCUT2D eigenvalue weighted by Gasteiger charge is 2.11. The van der Waals surface area contributed by atoms with E-state index in [4.69, 9.17) is 0 Å². The Bertz CT molecular complexity index is 78.9. The first kappa shape index (κ1) is 7.98. The third kappa shape index (κ3) is 2.64. The Labute approximate surface area is 62.6 Å². The summed E-state index contributed by atoms with van der Waals surface area (Å²) in [5, 5.41) is 10.8. The van der Waals surface area contributed by atoms with E-state index in [1.165, 1.54) is 12.8 Å². The fourth-order valence-electron chi connectivity index (χ4n) is 1.18. The van der Waals surface area contributed by atoms with Gasteiger partial charge in [0.1, 0.15) is 0 Å². The van der Waals surface area contributed by atoms with E-state index < -0.39 is 0 Å². The lowest BCUT2D eigenvalue weighted by Crippen LogP contribution is -2.41. The molecule has 10 heavy (non-hydrogen) atoms. The minimum absolute atomic E-state index is 0.605. The number of nitrogens with one attached hydrogen (secondary N) is 2. The van der Waals surface area contributed by atoms with Crippen molar-refractivity contribution in [1.82, 2.24) is 16.0 Å². The second kappa shape index (κ2) is 4.66. The molecule has 1 unspecified atom stereocenters. The highest BCUT2D eigenvalue weighted by molar-refractivity contribution is 4.71. The van der Waals surface area contributed by atoms with Gasteiger partial charge in [0.25, 0.3) is 0 Å². The van der Waals surface area contributed by atoms with Crippen LogP contribution in [0.15, 0.2) is 0 Å². The molecule has 1 heterocycles. The van der Waals surface area contributed by atoms with Crippen LogP contribution < -0.4 is 16.0 Å². The molecule has 1 saturated heterocycles. The molecule has 0 spiro atoms. The average molecular weight is 142 g/mol. The largest absolute Gasteiger partial charge is 0.320 e. The fourth-order valence-corrected chi connectivity index (χ4v) is 1.18. The van der Waals surface area contributed by atoms with Gasteiger partial charge in [-0.15, -0.1) is 0 Å². The zero-order valence-electron chi connectivity index (χ0n) is 6.56. The summed E-state index contributed by atoms with van der Waals surface area (Å²) in [4.78, 5) is 0. The van der Waals surface area contributed by atoms with Crippen LogP contribution in [0.3, 0.4) is 0 Å². The van der Waals surface area contributed by atoms with Gasteiger partial charge in [0.2, 0.25) is 0 Å². The van der Waals surface area contributed by atoms with Gasteiger partial charge in [-0.1, -0.05) is 0 Å². The SMILES string of the molecule is CNCCC1CCNC[N]1. The predicted molar refractivity (Wildman–Crippen MR) is 42.0 cm³/mol. The van der Waals surface area contributed by atoms with Crippen LogP contribution in [-0.4, -0.2) is 32.8 Å². The van der Waals surface area contributed by atoms with Crippen LogP contribution in [0.5, 0.6) is 0 Å². The maximum absolute atomic E-state index is 4.42. The highest BCUT2D eigenvalue weighted by atomic mass is 15.1. The second-order valence-electron chi connectivity index (χ2n) is 2.68. The van der Waals surface area contributed by atoms with Crippen molar-refractivity contribution in [1.29, 1.82) is 0 Å². The summed E-state index contributed by atoms with van der Waals surface area (Å²) >= 11 is 0. The molecule has 2 N–H and O–H groups in total. The first-order chi connectivity index (χ1) is 4.93. The van der Waals surface area contributed by atoms with E-state index in [0.717, 1.165) is 19.8 Å². The van der Waals surface area contributed by atoms with Crippen LogP contribution in [0.1, 0.15) is 12.8 Å². The Morgan fingerprint density at radius 1 is 1.70 bits per heavy atom. The van der Waals surface area contributed by atoms with Crippen LogP contribution >= 0.6 is 0 Å². The van der Waals surface area contributed by atoms with Gasteiger partial charge >= 0.3 is 0 Å². The fraction of sp³-hybridized carbons (Fsp3) is 1.00. The molecule has 59 valence electrons. The van der Waals surface area contributed by atoms with Gasteiger partial charge < -0.3 is 10.6 Å². The molecular weight excluding hydrogens is 126 g/mol. The Kier molecular flexibility index (Phi) is 3.72. The molecule has 0 bridgehead atoms. The van der Waals surface area contributed by atoms with E-state index in [9.17, 15) is 0 Å². The Hall–Kier alpha value is -0.120. The molecule has 0 aromatic heterocycles. The van der Waals surface area contributed by atoms with E-state index in [-0.39, 0.29) is 0 Å². The van der Waals surface area contributed by atoms with Gasteiger partial charge in [-0.05, 0) is 33.0 Å². The topological polar surface area (TPSA) is 38.2 Å². The molecular formula is C7H16N3. The Morgan fingerprint density at radius 3 is 3.20 bits per heavy atom. The standard InChI is InChI=1S/C7H16N3/c1-8-4-2-7-3-5-9-6-10-7/h7-9H,2-6H2,1H3. The molecule has 3 heteroatoms. The maximum Gasteiger partial charge on any atom is 0.0627 e. The zero-order valence-corrected chi connectivity index (χ0v) is 6.56. The summed E-state index contributed by atoms with van der Waals surface area (Å²) in [5.41, 5.74) is 0. The smallest absolute Gasteiger partial charge is 0.0627 e. The molecule has 3 nitrogen and oxygen atoms in total. The number of hydrogen-bond donors (Lipinski definition) is 2. The van der Waals surface area contributed by atoms with E-state index in [1.54, 1.807) is 0 Å². The van der Waals surface area contributed by atoms with Gasteiger partial charge in [0.05, 0.1) is 6.67 Å². The van der Waals surface area contributed by atoms with Crippen molar-refractivity contribution >= 4 is 0 Å². The van der Waals surface area contributed by atoms with E-state index in [1.807, 2.05) is 7.05 Å². The third-order valence-electron chi connectivity index (χ3n) is 1.84. The minimum atomic E-state index is 0.605. The predicted octanol–water partition coefficient (Wildman–Crippen LogP) is -0.480. The Balaban J connectivity index is 2.02. The summed E-state index contributed by atoms with van der Waals surface area (Å²) in [5.74, 6) is 0. The van der Waals surface area contributed by atoms with Crippen LogP contribution in [0.4, 0.5) is 0 Å². The summed E-state index contributed by atoms with van der Waals surface area (Å²) < 4.78 is 0. The molecule has 0 aromatic rings. The van der Waals surface area contributed by atoms with Gasteiger partial charge in [0.15, 0.2) is 0 Å². The van der Waals surface area contributed by atoms with Gasteiger partial charge in [-0.3, -0.25) is 0 Å². The van der Waals surface area contributed by atoms with Crippen molar-refractivity contribution in [3.8, 4) is 0 Å². The zero-order chi connectivity index (χ0) is 7.23.